The van der Waals surface area contributed by atoms with Gasteiger partial charge in [0.15, 0.2) is 0 Å². The fraction of sp³-hybridized carbons (Fsp3) is 0.462. The van der Waals surface area contributed by atoms with Crippen LogP contribution in [0.25, 0.3) is 0 Å². The number of thiophene rings is 1. The van der Waals surface area contributed by atoms with Crippen molar-refractivity contribution in [3.63, 3.8) is 0 Å². The molecule has 1 saturated heterocycles. The van der Waals surface area contributed by atoms with Crippen LogP contribution in [-0.4, -0.2) is 40.4 Å². The molecule has 6 nitrogen and oxygen atoms in total. The van der Waals surface area contributed by atoms with Gasteiger partial charge in [0.05, 0.1) is 10.9 Å². The van der Waals surface area contributed by atoms with Gasteiger partial charge in [-0.25, -0.2) is 4.79 Å². The number of carbonyl (C=O) groups excluding carboxylic acids is 2. The minimum absolute atomic E-state index is 0.0463. The Bertz CT molecular complexity index is 579. The van der Waals surface area contributed by atoms with Crippen LogP contribution in [-0.2, 0) is 9.59 Å². The summed E-state index contributed by atoms with van der Waals surface area (Å²) < 4.78 is 0. The molecule has 0 radical (unpaired) electrons. The number of nitrogens with zero attached hydrogens (tertiary/aromatic N) is 1. The van der Waals surface area contributed by atoms with Crippen molar-refractivity contribution in [2.75, 3.05) is 11.9 Å². The molecular weight excluding hydrogens is 280 g/mol. The van der Waals surface area contributed by atoms with Crippen LogP contribution in [0, 0.1) is 5.92 Å². The lowest BCUT2D eigenvalue weighted by molar-refractivity contribution is -0.128. The molecule has 0 aromatic carbocycles. The maximum Gasteiger partial charge on any atom is 0.345 e. The highest BCUT2D eigenvalue weighted by Crippen LogP contribution is 2.33. The first kappa shape index (κ1) is 13.1. The molecule has 1 aromatic heterocycles. The van der Waals surface area contributed by atoms with E-state index < -0.39 is 5.97 Å². The molecule has 1 atom stereocenters. The lowest BCUT2D eigenvalue weighted by atomic mass is 10.1. The van der Waals surface area contributed by atoms with Gasteiger partial charge in [-0.05, 0) is 25.0 Å². The van der Waals surface area contributed by atoms with Crippen molar-refractivity contribution in [1.29, 1.82) is 0 Å². The van der Waals surface area contributed by atoms with Crippen molar-refractivity contribution in [2.24, 2.45) is 5.92 Å². The molecule has 1 aliphatic heterocycles. The zero-order chi connectivity index (χ0) is 14.3. The van der Waals surface area contributed by atoms with Gasteiger partial charge in [-0.1, -0.05) is 0 Å². The zero-order valence-electron chi connectivity index (χ0n) is 10.7. The molecule has 1 aromatic rings. The van der Waals surface area contributed by atoms with Gasteiger partial charge >= 0.3 is 5.97 Å². The summed E-state index contributed by atoms with van der Waals surface area (Å²) >= 11 is 1.02. The number of hydrogen-bond donors (Lipinski definition) is 2. The predicted molar refractivity (Wildman–Crippen MR) is 72.8 cm³/mol. The normalized spacial score (nSPS) is 22.1. The number of rotatable bonds is 4. The molecule has 20 heavy (non-hydrogen) atoms. The van der Waals surface area contributed by atoms with Crippen LogP contribution in [0.15, 0.2) is 12.1 Å². The third kappa shape index (κ3) is 2.53. The van der Waals surface area contributed by atoms with Crippen molar-refractivity contribution in [3.05, 3.63) is 17.0 Å². The lowest BCUT2D eigenvalue weighted by Gasteiger charge is -2.14. The van der Waals surface area contributed by atoms with Gasteiger partial charge in [-0.15, -0.1) is 11.3 Å². The molecule has 3 rings (SSSR count). The van der Waals surface area contributed by atoms with Gasteiger partial charge < -0.3 is 15.3 Å². The van der Waals surface area contributed by atoms with Crippen LogP contribution in [0.2, 0.25) is 0 Å². The quantitative estimate of drug-likeness (QED) is 0.878. The number of hydrogen-bond acceptors (Lipinski definition) is 4. The Labute approximate surface area is 119 Å². The molecule has 2 amide bonds. The smallest absolute Gasteiger partial charge is 0.345 e. The maximum absolute atomic E-state index is 12.1. The summed E-state index contributed by atoms with van der Waals surface area (Å²) in [6, 6.07) is 3.36. The van der Waals surface area contributed by atoms with E-state index in [1.807, 2.05) is 0 Å². The molecule has 106 valence electrons. The van der Waals surface area contributed by atoms with Gasteiger partial charge in [-0.3, -0.25) is 9.59 Å². The van der Waals surface area contributed by atoms with Crippen molar-refractivity contribution < 1.29 is 19.5 Å². The standard InChI is InChI=1S/C13H14N2O4S/c16-11-5-7(6-15(11)8-1-2-8)12(17)14-10-4-3-9(20-10)13(18)19/h3-4,7-8H,1-2,5-6H2,(H,14,17)(H,18,19). The minimum atomic E-state index is -1.01. The van der Waals surface area contributed by atoms with E-state index in [1.54, 1.807) is 11.0 Å². The number of likely N-dealkylation sites (tertiary alicyclic amines) is 1. The summed E-state index contributed by atoms with van der Waals surface area (Å²) in [5, 5.41) is 12.0. The second-order valence-electron chi connectivity index (χ2n) is 5.14. The number of nitrogens with one attached hydrogen (secondary N) is 1. The molecule has 2 heterocycles. The van der Waals surface area contributed by atoms with Crippen LogP contribution in [0.3, 0.4) is 0 Å². The Morgan fingerprint density at radius 1 is 1.35 bits per heavy atom. The monoisotopic (exact) mass is 294 g/mol. The maximum atomic E-state index is 12.1. The van der Waals surface area contributed by atoms with Gasteiger partial charge in [0.2, 0.25) is 11.8 Å². The number of aromatic carboxylic acids is 1. The molecule has 2 fully saturated rings. The summed E-state index contributed by atoms with van der Waals surface area (Å²) in [6.07, 6.45) is 2.32. The van der Waals surface area contributed by atoms with Gasteiger partial charge in [0, 0.05) is 19.0 Å². The molecule has 0 bridgehead atoms. The van der Waals surface area contributed by atoms with Gasteiger partial charge in [0.1, 0.15) is 4.88 Å². The van der Waals surface area contributed by atoms with E-state index in [0.717, 1.165) is 24.2 Å². The Morgan fingerprint density at radius 2 is 2.10 bits per heavy atom. The highest BCUT2D eigenvalue weighted by Gasteiger charge is 2.41. The van der Waals surface area contributed by atoms with E-state index in [9.17, 15) is 14.4 Å². The van der Waals surface area contributed by atoms with E-state index in [2.05, 4.69) is 5.32 Å². The molecule has 1 unspecified atom stereocenters. The Kier molecular flexibility index (Phi) is 3.21. The molecule has 1 saturated carbocycles. The Hall–Kier alpha value is -1.89. The molecule has 7 heteroatoms. The number of carboxylic acids is 1. The van der Waals surface area contributed by atoms with Crippen LogP contribution < -0.4 is 5.32 Å². The van der Waals surface area contributed by atoms with Crippen molar-refractivity contribution >= 4 is 34.1 Å². The summed E-state index contributed by atoms with van der Waals surface area (Å²) in [5.41, 5.74) is 0. The van der Waals surface area contributed by atoms with Crippen LogP contribution >= 0.6 is 11.3 Å². The van der Waals surface area contributed by atoms with E-state index in [-0.39, 0.29) is 29.0 Å². The number of carbonyl (C=O) groups is 3. The number of carboxylic acid groups (broad SMARTS) is 1. The molecule has 2 N–H and O–H groups in total. The first-order valence-electron chi connectivity index (χ1n) is 6.48. The second kappa shape index (κ2) is 4.90. The topological polar surface area (TPSA) is 86.7 Å². The van der Waals surface area contributed by atoms with Crippen LogP contribution in [0.4, 0.5) is 5.00 Å². The van der Waals surface area contributed by atoms with E-state index in [4.69, 9.17) is 5.11 Å². The van der Waals surface area contributed by atoms with Crippen LogP contribution in [0.1, 0.15) is 28.9 Å². The minimum Gasteiger partial charge on any atom is -0.477 e. The Morgan fingerprint density at radius 3 is 2.70 bits per heavy atom. The first-order valence-corrected chi connectivity index (χ1v) is 7.29. The average molecular weight is 294 g/mol. The van der Waals surface area contributed by atoms with E-state index in [0.29, 0.717) is 17.6 Å². The lowest BCUT2D eigenvalue weighted by Crippen LogP contribution is -2.29. The van der Waals surface area contributed by atoms with Crippen molar-refractivity contribution in [1.82, 2.24) is 4.90 Å². The van der Waals surface area contributed by atoms with Crippen molar-refractivity contribution in [3.8, 4) is 0 Å². The van der Waals surface area contributed by atoms with Gasteiger partial charge in [-0.2, -0.15) is 0 Å². The molecule has 2 aliphatic rings. The SMILES string of the molecule is O=C(O)c1ccc(NC(=O)C2CC(=O)N(C3CC3)C2)s1. The van der Waals surface area contributed by atoms with Gasteiger partial charge in [0.25, 0.3) is 0 Å². The summed E-state index contributed by atoms with van der Waals surface area (Å²) in [6.45, 7) is 0.479. The van der Waals surface area contributed by atoms with Crippen LogP contribution in [0.5, 0.6) is 0 Å². The Balaban J connectivity index is 1.61. The largest absolute Gasteiger partial charge is 0.477 e. The summed E-state index contributed by atoms with van der Waals surface area (Å²) in [4.78, 5) is 36.6. The average Bonchev–Trinajstić information content (AvgIpc) is 2.99. The summed E-state index contributed by atoms with van der Waals surface area (Å²) in [5.74, 6) is -1.50. The predicted octanol–water partition coefficient (Wildman–Crippen LogP) is 1.40. The third-order valence-electron chi connectivity index (χ3n) is 3.58. The highest BCUT2D eigenvalue weighted by atomic mass is 32.1. The number of amides is 2. The van der Waals surface area contributed by atoms with Crippen molar-refractivity contribution in [2.45, 2.75) is 25.3 Å². The molecular formula is C13H14N2O4S. The van der Waals surface area contributed by atoms with E-state index in [1.165, 1.54) is 6.07 Å². The summed E-state index contributed by atoms with van der Waals surface area (Å²) in [7, 11) is 0. The first-order chi connectivity index (χ1) is 9.54. The molecule has 0 spiro atoms. The fourth-order valence-corrected chi connectivity index (χ4v) is 3.14. The number of anilines is 1. The van der Waals surface area contributed by atoms with E-state index >= 15 is 0 Å². The molecule has 1 aliphatic carbocycles. The fourth-order valence-electron chi connectivity index (χ4n) is 2.39. The third-order valence-corrected chi connectivity index (χ3v) is 4.57. The second-order valence-corrected chi connectivity index (χ2v) is 6.22. The highest BCUT2D eigenvalue weighted by molar-refractivity contribution is 7.18. The zero-order valence-corrected chi connectivity index (χ0v) is 11.5.